The molecule has 0 saturated carbocycles. The van der Waals surface area contributed by atoms with Crippen LogP contribution in [0, 0.1) is 0 Å². The number of nitrogens with one attached hydrogen (secondary N) is 2. The van der Waals surface area contributed by atoms with Crippen molar-refractivity contribution in [1.29, 1.82) is 0 Å². The number of hydrogen-bond donors (Lipinski definition) is 2. The van der Waals surface area contributed by atoms with Gasteiger partial charge in [0.1, 0.15) is 11.8 Å². The fraction of sp³-hybridized carbons (Fsp3) is 0.625. The normalized spacial score (nSPS) is 20.6. The molecule has 0 spiro atoms. The summed E-state index contributed by atoms with van der Waals surface area (Å²) in [7, 11) is 1.54. The predicted octanol–water partition coefficient (Wildman–Crippen LogP) is -1.28. The maximum atomic E-state index is 11.4. The van der Waals surface area contributed by atoms with Crippen LogP contribution in [0.5, 0.6) is 0 Å². The number of Topliss-reactive ketones (excluding diaryl/α,β-unsaturated/α-hetero) is 1. The molecule has 0 aromatic rings. The molecule has 1 atom stereocenters. The van der Waals surface area contributed by atoms with Gasteiger partial charge in [-0.3, -0.25) is 9.59 Å². The Morgan fingerprint density at radius 2 is 2.29 bits per heavy atom. The second-order valence-electron chi connectivity index (χ2n) is 3.23. The van der Waals surface area contributed by atoms with E-state index >= 15 is 0 Å². The van der Waals surface area contributed by atoms with Crippen molar-refractivity contribution in [3.8, 4) is 0 Å². The minimum Gasteiger partial charge on any atom is -0.347 e. The van der Waals surface area contributed by atoms with Crippen LogP contribution >= 0.6 is 0 Å². The molecule has 1 saturated heterocycles. The highest BCUT2D eigenvalue weighted by Crippen LogP contribution is 2.03. The van der Waals surface area contributed by atoms with Crippen LogP contribution < -0.4 is 10.6 Å². The molecule has 1 unspecified atom stereocenters. The van der Waals surface area contributed by atoms with Gasteiger partial charge >= 0.3 is 6.03 Å². The summed E-state index contributed by atoms with van der Waals surface area (Å²) in [5, 5.41) is 4.98. The van der Waals surface area contributed by atoms with Crippen LogP contribution in [0.3, 0.4) is 0 Å². The van der Waals surface area contributed by atoms with E-state index in [4.69, 9.17) is 0 Å². The highest BCUT2D eigenvalue weighted by molar-refractivity contribution is 5.92. The maximum absolute atomic E-state index is 11.4. The van der Waals surface area contributed by atoms with E-state index in [0.29, 0.717) is 6.54 Å². The molecule has 6 heteroatoms. The summed E-state index contributed by atoms with van der Waals surface area (Å²) in [4.78, 5) is 34.3. The fourth-order valence-electron chi connectivity index (χ4n) is 1.19. The molecule has 0 bridgehead atoms. The zero-order chi connectivity index (χ0) is 10.7. The van der Waals surface area contributed by atoms with Crippen LogP contribution in [0.15, 0.2) is 0 Å². The third-order valence-corrected chi connectivity index (χ3v) is 2.05. The fourth-order valence-corrected chi connectivity index (χ4v) is 1.19. The molecule has 0 aromatic carbocycles. The average Bonchev–Trinajstić information content (AvgIpc) is 2.44. The van der Waals surface area contributed by atoms with Crippen LogP contribution in [-0.2, 0) is 9.59 Å². The lowest BCUT2D eigenvalue weighted by molar-refractivity contribution is -0.126. The third kappa shape index (κ3) is 2.21. The second kappa shape index (κ2) is 4.08. The molecule has 1 rings (SSSR count). The van der Waals surface area contributed by atoms with E-state index in [2.05, 4.69) is 10.6 Å². The molecule has 2 N–H and O–H groups in total. The van der Waals surface area contributed by atoms with E-state index in [0.717, 1.165) is 0 Å². The van der Waals surface area contributed by atoms with Crippen molar-refractivity contribution in [3.63, 3.8) is 0 Å². The highest BCUT2D eigenvalue weighted by Gasteiger charge is 2.32. The number of nitrogens with zero attached hydrogens (tertiary/aromatic N) is 1. The molecule has 6 nitrogen and oxygen atoms in total. The van der Waals surface area contributed by atoms with Gasteiger partial charge in [-0.15, -0.1) is 0 Å². The van der Waals surface area contributed by atoms with Crippen LogP contribution in [-0.4, -0.2) is 48.8 Å². The number of carbonyl (C=O) groups is 3. The van der Waals surface area contributed by atoms with Crippen molar-refractivity contribution in [2.75, 3.05) is 20.1 Å². The Hall–Kier alpha value is -1.59. The smallest absolute Gasteiger partial charge is 0.317 e. The minimum absolute atomic E-state index is 0.0113. The zero-order valence-electron chi connectivity index (χ0n) is 8.16. The predicted molar refractivity (Wildman–Crippen MR) is 48.6 cm³/mol. The molecule has 14 heavy (non-hydrogen) atoms. The van der Waals surface area contributed by atoms with E-state index in [1.165, 1.54) is 11.8 Å². The number of likely N-dealkylation sites (N-methyl/N-ethyl adjacent to an activating group) is 1. The van der Waals surface area contributed by atoms with E-state index in [9.17, 15) is 14.4 Å². The lowest BCUT2D eigenvalue weighted by Gasteiger charge is -2.16. The van der Waals surface area contributed by atoms with Gasteiger partial charge in [-0.05, 0) is 6.92 Å². The lowest BCUT2D eigenvalue weighted by atomic mass is 10.2. The monoisotopic (exact) mass is 199 g/mol. The molecule has 3 amide bonds. The summed E-state index contributed by atoms with van der Waals surface area (Å²) in [6, 6.07) is -0.783. The Labute approximate surface area is 81.6 Å². The summed E-state index contributed by atoms with van der Waals surface area (Å²) in [6.45, 7) is 1.69. The molecular weight excluding hydrogens is 186 g/mol. The van der Waals surface area contributed by atoms with Gasteiger partial charge in [0.25, 0.3) is 0 Å². The van der Waals surface area contributed by atoms with E-state index in [1.54, 1.807) is 7.05 Å². The molecule has 0 aromatic heterocycles. The number of urea groups is 1. The number of ketones is 1. The molecule has 1 aliphatic heterocycles. The topological polar surface area (TPSA) is 78.5 Å². The summed E-state index contributed by atoms with van der Waals surface area (Å²) < 4.78 is 0. The van der Waals surface area contributed by atoms with Gasteiger partial charge in [-0.1, -0.05) is 0 Å². The molecule has 78 valence electrons. The van der Waals surface area contributed by atoms with Crippen LogP contribution in [0.25, 0.3) is 0 Å². The summed E-state index contributed by atoms with van der Waals surface area (Å²) >= 11 is 0. The van der Waals surface area contributed by atoms with Gasteiger partial charge in [0.15, 0.2) is 0 Å². The first kappa shape index (κ1) is 10.5. The quantitative estimate of drug-likeness (QED) is 0.594. The molecule has 1 heterocycles. The Bertz CT molecular complexity index is 277. The average molecular weight is 199 g/mol. The Kier molecular flexibility index (Phi) is 3.06. The first-order chi connectivity index (χ1) is 6.52. The van der Waals surface area contributed by atoms with Crippen molar-refractivity contribution in [2.45, 2.75) is 13.0 Å². The van der Waals surface area contributed by atoms with E-state index in [1.807, 2.05) is 0 Å². The third-order valence-electron chi connectivity index (χ3n) is 2.05. The van der Waals surface area contributed by atoms with Crippen LogP contribution in [0.1, 0.15) is 6.92 Å². The van der Waals surface area contributed by atoms with Crippen molar-refractivity contribution in [1.82, 2.24) is 15.5 Å². The number of hydrogen-bond acceptors (Lipinski definition) is 3. The van der Waals surface area contributed by atoms with E-state index < -0.39 is 6.04 Å². The Morgan fingerprint density at radius 1 is 1.64 bits per heavy atom. The Morgan fingerprint density at radius 3 is 2.71 bits per heavy atom. The first-order valence-electron chi connectivity index (χ1n) is 4.30. The van der Waals surface area contributed by atoms with Crippen molar-refractivity contribution in [2.24, 2.45) is 0 Å². The van der Waals surface area contributed by atoms with Crippen molar-refractivity contribution in [3.05, 3.63) is 0 Å². The maximum Gasteiger partial charge on any atom is 0.317 e. The van der Waals surface area contributed by atoms with Gasteiger partial charge in [0, 0.05) is 13.6 Å². The summed E-state index contributed by atoms with van der Waals surface area (Å²) in [5.41, 5.74) is 0. The largest absolute Gasteiger partial charge is 0.347 e. The minimum atomic E-state index is -0.512. The standard InChI is InChI=1S/C8H13N3O3/c1-5(12)3-9-7(13)6-4-10-8(14)11(6)2/h6H,3-4H2,1-2H3,(H,9,13)(H,10,14). The Balaban J connectivity index is 2.45. The van der Waals surface area contributed by atoms with E-state index in [-0.39, 0.29) is 24.3 Å². The summed E-state index contributed by atoms with van der Waals surface area (Å²) in [5.74, 6) is -0.417. The van der Waals surface area contributed by atoms with Crippen molar-refractivity contribution >= 4 is 17.7 Å². The van der Waals surface area contributed by atoms with Crippen LogP contribution in [0.4, 0.5) is 4.79 Å². The highest BCUT2D eigenvalue weighted by atomic mass is 16.2. The molecule has 0 radical (unpaired) electrons. The van der Waals surface area contributed by atoms with Gasteiger partial charge in [0.05, 0.1) is 6.54 Å². The van der Waals surface area contributed by atoms with Gasteiger partial charge in [-0.2, -0.15) is 0 Å². The van der Waals surface area contributed by atoms with Gasteiger partial charge < -0.3 is 15.5 Å². The van der Waals surface area contributed by atoms with Gasteiger partial charge in [0.2, 0.25) is 5.91 Å². The van der Waals surface area contributed by atoms with Crippen molar-refractivity contribution < 1.29 is 14.4 Å². The van der Waals surface area contributed by atoms with Crippen LogP contribution in [0.2, 0.25) is 0 Å². The first-order valence-corrected chi connectivity index (χ1v) is 4.30. The molecular formula is C8H13N3O3. The van der Waals surface area contributed by atoms with Gasteiger partial charge in [-0.25, -0.2) is 4.79 Å². The number of rotatable bonds is 3. The number of amides is 3. The summed E-state index contributed by atoms with van der Waals surface area (Å²) in [6.07, 6.45) is 0. The second-order valence-corrected chi connectivity index (χ2v) is 3.23. The number of carbonyl (C=O) groups excluding carboxylic acids is 3. The molecule has 1 fully saturated rings. The molecule has 0 aliphatic carbocycles. The SMILES string of the molecule is CC(=O)CNC(=O)C1CNC(=O)N1C. The molecule has 1 aliphatic rings. The lowest BCUT2D eigenvalue weighted by Crippen LogP contribution is -2.45. The zero-order valence-corrected chi connectivity index (χ0v) is 8.16.